The van der Waals surface area contributed by atoms with Crippen LogP contribution in [-0.4, -0.2) is 22.5 Å². The number of carbonyl (C=O) groups is 1. The maximum Gasteiger partial charge on any atom is 0.257 e. The van der Waals surface area contributed by atoms with Gasteiger partial charge in [0.1, 0.15) is 11.3 Å². The lowest BCUT2D eigenvalue weighted by Crippen LogP contribution is -2.25. The van der Waals surface area contributed by atoms with Crippen LogP contribution in [0, 0.1) is 6.92 Å². The number of nitrogens with two attached hydrogens (primary N) is 1. The van der Waals surface area contributed by atoms with Gasteiger partial charge in [0.15, 0.2) is 0 Å². The van der Waals surface area contributed by atoms with Gasteiger partial charge in [-0.2, -0.15) is 0 Å². The molecule has 1 heterocycles. The van der Waals surface area contributed by atoms with Crippen LogP contribution in [0.4, 0.5) is 5.69 Å². The summed E-state index contributed by atoms with van der Waals surface area (Å²) >= 11 is 0. The molecule has 2 aromatic rings. The van der Waals surface area contributed by atoms with E-state index in [1.54, 1.807) is 30.6 Å². The van der Waals surface area contributed by atoms with Crippen molar-refractivity contribution in [2.45, 2.75) is 20.4 Å². The molecule has 0 fully saturated rings. The molecule has 0 radical (unpaired) electrons. The average molecular weight is 286 g/mol. The van der Waals surface area contributed by atoms with E-state index in [0.717, 1.165) is 5.69 Å². The SMILES string of the molecule is CCOc1cccc(N)c1C(=O)NCc1cnc(C)cn1. The molecule has 0 spiro atoms. The fourth-order valence-corrected chi connectivity index (χ4v) is 1.84. The van der Waals surface area contributed by atoms with E-state index in [1.807, 2.05) is 13.8 Å². The predicted molar refractivity (Wildman–Crippen MR) is 80.0 cm³/mol. The van der Waals surface area contributed by atoms with Crippen LogP contribution in [0.25, 0.3) is 0 Å². The van der Waals surface area contributed by atoms with Gasteiger partial charge in [-0.1, -0.05) is 6.07 Å². The molecular formula is C15H18N4O2. The molecule has 21 heavy (non-hydrogen) atoms. The number of hydrogen-bond donors (Lipinski definition) is 2. The number of amides is 1. The normalized spacial score (nSPS) is 10.2. The molecule has 1 aromatic carbocycles. The summed E-state index contributed by atoms with van der Waals surface area (Å²) in [6.45, 7) is 4.46. The number of rotatable bonds is 5. The minimum Gasteiger partial charge on any atom is -0.493 e. The Hall–Kier alpha value is -2.63. The van der Waals surface area contributed by atoms with E-state index >= 15 is 0 Å². The molecule has 0 unspecified atom stereocenters. The van der Waals surface area contributed by atoms with Crippen LogP contribution >= 0.6 is 0 Å². The van der Waals surface area contributed by atoms with Gasteiger partial charge in [0, 0.05) is 11.9 Å². The Morgan fingerprint density at radius 3 is 2.81 bits per heavy atom. The van der Waals surface area contributed by atoms with E-state index in [2.05, 4.69) is 15.3 Å². The molecule has 0 saturated carbocycles. The van der Waals surface area contributed by atoms with Crippen molar-refractivity contribution in [1.29, 1.82) is 0 Å². The molecule has 1 aromatic heterocycles. The van der Waals surface area contributed by atoms with Crippen molar-refractivity contribution in [2.24, 2.45) is 0 Å². The number of ether oxygens (including phenoxy) is 1. The zero-order valence-electron chi connectivity index (χ0n) is 12.1. The summed E-state index contributed by atoms with van der Waals surface area (Å²) in [6.07, 6.45) is 3.29. The average Bonchev–Trinajstić information content (AvgIpc) is 2.47. The van der Waals surface area contributed by atoms with Gasteiger partial charge in [0.2, 0.25) is 0 Å². The quantitative estimate of drug-likeness (QED) is 0.816. The molecule has 0 aliphatic rings. The van der Waals surface area contributed by atoms with Gasteiger partial charge in [-0.25, -0.2) is 0 Å². The first-order valence-corrected chi connectivity index (χ1v) is 6.68. The topological polar surface area (TPSA) is 90.1 Å². The van der Waals surface area contributed by atoms with E-state index in [9.17, 15) is 4.79 Å². The first-order chi connectivity index (χ1) is 10.1. The van der Waals surface area contributed by atoms with E-state index in [4.69, 9.17) is 10.5 Å². The van der Waals surface area contributed by atoms with Crippen molar-refractivity contribution in [1.82, 2.24) is 15.3 Å². The van der Waals surface area contributed by atoms with E-state index in [-0.39, 0.29) is 12.5 Å². The fraction of sp³-hybridized carbons (Fsp3) is 0.267. The molecule has 3 N–H and O–H groups in total. The zero-order valence-corrected chi connectivity index (χ0v) is 12.1. The maximum absolute atomic E-state index is 12.3. The number of aromatic nitrogens is 2. The molecular weight excluding hydrogens is 268 g/mol. The molecule has 0 aliphatic heterocycles. The van der Waals surface area contributed by atoms with Gasteiger partial charge in [0.25, 0.3) is 5.91 Å². The smallest absolute Gasteiger partial charge is 0.257 e. The molecule has 0 bridgehead atoms. The van der Waals surface area contributed by atoms with Crippen molar-refractivity contribution in [3.05, 3.63) is 47.5 Å². The minimum atomic E-state index is -0.293. The summed E-state index contributed by atoms with van der Waals surface area (Å²) in [4.78, 5) is 20.6. The van der Waals surface area contributed by atoms with E-state index in [0.29, 0.717) is 29.3 Å². The number of nitrogens with one attached hydrogen (secondary N) is 1. The van der Waals surface area contributed by atoms with E-state index in [1.165, 1.54) is 0 Å². The van der Waals surface area contributed by atoms with Crippen LogP contribution in [0.1, 0.15) is 28.7 Å². The monoisotopic (exact) mass is 286 g/mol. The fourth-order valence-electron chi connectivity index (χ4n) is 1.84. The highest BCUT2D eigenvalue weighted by molar-refractivity contribution is 6.01. The third-order valence-electron chi connectivity index (χ3n) is 2.85. The predicted octanol–water partition coefficient (Wildman–Crippen LogP) is 1.70. The maximum atomic E-state index is 12.3. The Bertz CT molecular complexity index is 626. The Morgan fingerprint density at radius 1 is 1.33 bits per heavy atom. The molecule has 6 heteroatoms. The lowest BCUT2D eigenvalue weighted by atomic mass is 10.1. The standard InChI is InChI=1S/C15H18N4O2/c1-3-21-13-6-4-5-12(16)14(13)15(20)19-9-11-8-17-10(2)7-18-11/h4-8H,3,9,16H2,1-2H3,(H,19,20). The van der Waals surface area contributed by atoms with Gasteiger partial charge < -0.3 is 15.8 Å². The Labute approximate surface area is 123 Å². The summed E-state index contributed by atoms with van der Waals surface area (Å²) in [5.74, 6) is 0.184. The first kappa shape index (κ1) is 14.8. The number of hydrogen-bond acceptors (Lipinski definition) is 5. The van der Waals surface area contributed by atoms with Crippen LogP contribution in [0.15, 0.2) is 30.6 Å². The van der Waals surface area contributed by atoms with Gasteiger partial charge in [0.05, 0.1) is 30.7 Å². The van der Waals surface area contributed by atoms with Crippen LogP contribution in [0.5, 0.6) is 5.75 Å². The number of nitrogen functional groups attached to an aromatic ring is 1. The van der Waals surface area contributed by atoms with Gasteiger partial charge in [-0.15, -0.1) is 0 Å². The second-order valence-corrected chi connectivity index (χ2v) is 4.49. The molecule has 0 aliphatic carbocycles. The third-order valence-corrected chi connectivity index (χ3v) is 2.85. The summed E-state index contributed by atoms with van der Waals surface area (Å²) in [7, 11) is 0. The Kier molecular flexibility index (Phi) is 4.71. The highest BCUT2D eigenvalue weighted by Gasteiger charge is 2.15. The third kappa shape index (κ3) is 3.68. The zero-order chi connectivity index (χ0) is 15.2. The van der Waals surface area contributed by atoms with Crippen LogP contribution < -0.4 is 15.8 Å². The number of nitrogens with zero attached hydrogens (tertiary/aromatic N) is 2. The summed E-state index contributed by atoms with van der Waals surface area (Å²) < 4.78 is 5.44. The number of benzene rings is 1. The molecule has 6 nitrogen and oxygen atoms in total. The van der Waals surface area contributed by atoms with Crippen LogP contribution in [-0.2, 0) is 6.54 Å². The van der Waals surface area contributed by atoms with Crippen molar-refractivity contribution in [3.63, 3.8) is 0 Å². The second-order valence-electron chi connectivity index (χ2n) is 4.49. The number of anilines is 1. The molecule has 0 saturated heterocycles. The van der Waals surface area contributed by atoms with E-state index < -0.39 is 0 Å². The number of carbonyl (C=O) groups excluding carboxylic acids is 1. The summed E-state index contributed by atoms with van der Waals surface area (Å²) in [6, 6.07) is 5.14. The van der Waals surface area contributed by atoms with Gasteiger partial charge in [-0.05, 0) is 26.0 Å². The highest BCUT2D eigenvalue weighted by Crippen LogP contribution is 2.24. The lowest BCUT2D eigenvalue weighted by Gasteiger charge is -2.12. The number of aryl methyl sites for hydroxylation is 1. The summed E-state index contributed by atoms with van der Waals surface area (Å²) in [5, 5.41) is 2.77. The largest absolute Gasteiger partial charge is 0.493 e. The van der Waals surface area contributed by atoms with Gasteiger partial charge >= 0.3 is 0 Å². The minimum absolute atomic E-state index is 0.284. The van der Waals surface area contributed by atoms with Crippen molar-refractivity contribution in [3.8, 4) is 5.75 Å². The molecule has 0 atom stereocenters. The van der Waals surface area contributed by atoms with Crippen LogP contribution in [0.3, 0.4) is 0 Å². The molecule has 110 valence electrons. The first-order valence-electron chi connectivity index (χ1n) is 6.68. The van der Waals surface area contributed by atoms with Crippen molar-refractivity contribution < 1.29 is 9.53 Å². The Morgan fingerprint density at radius 2 is 2.14 bits per heavy atom. The molecule has 2 rings (SSSR count). The highest BCUT2D eigenvalue weighted by atomic mass is 16.5. The Balaban J connectivity index is 2.11. The summed E-state index contributed by atoms with van der Waals surface area (Å²) in [5.41, 5.74) is 8.11. The van der Waals surface area contributed by atoms with Gasteiger partial charge in [-0.3, -0.25) is 14.8 Å². The molecule has 1 amide bonds. The lowest BCUT2D eigenvalue weighted by molar-refractivity contribution is 0.0947. The van der Waals surface area contributed by atoms with Crippen molar-refractivity contribution >= 4 is 11.6 Å². The van der Waals surface area contributed by atoms with Crippen molar-refractivity contribution in [2.75, 3.05) is 12.3 Å². The van der Waals surface area contributed by atoms with Crippen LogP contribution in [0.2, 0.25) is 0 Å². The second kappa shape index (κ2) is 6.69.